The molecule has 1 unspecified atom stereocenters. The van der Waals surface area contributed by atoms with Crippen LogP contribution in [0.5, 0.6) is 0 Å². The van der Waals surface area contributed by atoms with Crippen molar-refractivity contribution in [1.29, 1.82) is 0 Å². The smallest absolute Gasteiger partial charge is 0.303 e. The first-order valence-corrected chi connectivity index (χ1v) is 6.44. The second-order valence-electron chi connectivity index (χ2n) is 5.19. The van der Waals surface area contributed by atoms with Gasteiger partial charge in [0.2, 0.25) is 0 Å². The number of rotatable bonds is 4. The molecule has 0 saturated carbocycles. The lowest BCUT2D eigenvalue weighted by molar-refractivity contribution is -0.136. The summed E-state index contributed by atoms with van der Waals surface area (Å²) in [5.74, 6) is -0.748. The molecule has 0 aromatic carbocycles. The third kappa shape index (κ3) is 2.56. The van der Waals surface area contributed by atoms with Gasteiger partial charge in [0.25, 0.3) is 0 Å². The highest BCUT2D eigenvalue weighted by molar-refractivity contribution is 5.67. The van der Waals surface area contributed by atoms with Crippen LogP contribution in [0.15, 0.2) is 0 Å². The van der Waals surface area contributed by atoms with E-state index in [9.17, 15) is 4.79 Å². The van der Waals surface area contributed by atoms with Gasteiger partial charge in [-0.25, -0.2) is 0 Å². The number of likely N-dealkylation sites (N-methyl/N-ethyl adjacent to an activating group) is 1. The maximum absolute atomic E-state index is 10.7. The van der Waals surface area contributed by atoms with Gasteiger partial charge in [0.1, 0.15) is 0 Å². The van der Waals surface area contributed by atoms with Crippen LogP contribution in [-0.2, 0) is 11.2 Å². The van der Waals surface area contributed by atoms with Crippen LogP contribution in [0.25, 0.3) is 0 Å². The van der Waals surface area contributed by atoms with Crippen molar-refractivity contribution in [3.8, 4) is 0 Å². The number of aryl methyl sites for hydroxylation is 1. The Bertz CT molecular complexity index is 453. The highest BCUT2D eigenvalue weighted by Gasteiger charge is 2.24. The van der Waals surface area contributed by atoms with Crippen LogP contribution in [0.1, 0.15) is 35.8 Å². The van der Waals surface area contributed by atoms with Crippen molar-refractivity contribution in [1.82, 2.24) is 14.7 Å². The van der Waals surface area contributed by atoms with Crippen molar-refractivity contribution in [2.24, 2.45) is 0 Å². The topological polar surface area (TPSA) is 58.4 Å². The van der Waals surface area contributed by atoms with Crippen molar-refractivity contribution in [2.45, 2.75) is 39.2 Å². The standard InChI is InChI=1S/C13H21N3O2/c1-9-12(4-5-13(17)18)10(2)16(14-9)11-6-7-15(3)8-11/h11H,4-8H2,1-3H3,(H,17,18). The zero-order valence-electron chi connectivity index (χ0n) is 11.3. The number of carboxylic acid groups (broad SMARTS) is 1. The molecule has 18 heavy (non-hydrogen) atoms. The van der Waals surface area contributed by atoms with Crippen LogP contribution in [-0.4, -0.2) is 45.9 Å². The van der Waals surface area contributed by atoms with Crippen LogP contribution >= 0.6 is 0 Å². The normalized spacial score (nSPS) is 20.5. The van der Waals surface area contributed by atoms with E-state index < -0.39 is 5.97 Å². The first kappa shape index (κ1) is 13.1. The van der Waals surface area contributed by atoms with Crippen LogP contribution in [0.3, 0.4) is 0 Å². The molecule has 5 nitrogen and oxygen atoms in total. The lowest BCUT2D eigenvalue weighted by Gasteiger charge is -2.13. The molecule has 2 rings (SSSR count). The fourth-order valence-electron chi connectivity index (χ4n) is 2.76. The third-order valence-corrected chi connectivity index (χ3v) is 3.78. The first-order valence-electron chi connectivity index (χ1n) is 6.44. The summed E-state index contributed by atoms with van der Waals surface area (Å²) < 4.78 is 2.09. The summed E-state index contributed by atoms with van der Waals surface area (Å²) in [6, 6.07) is 0.437. The van der Waals surface area contributed by atoms with E-state index >= 15 is 0 Å². The predicted molar refractivity (Wildman–Crippen MR) is 68.8 cm³/mol. The number of aromatic nitrogens is 2. The number of likely N-dealkylation sites (tertiary alicyclic amines) is 1. The van der Waals surface area contributed by atoms with E-state index in [1.54, 1.807) is 0 Å². The second kappa shape index (κ2) is 5.10. The van der Waals surface area contributed by atoms with Gasteiger partial charge in [0, 0.05) is 18.7 Å². The Morgan fingerprint density at radius 3 is 2.78 bits per heavy atom. The largest absolute Gasteiger partial charge is 0.481 e. The number of hydrogen-bond donors (Lipinski definition) is 1. The van der Waals surface area contributed by atoms with Crippen molar-refractivity contribution < 1.29 is 9.90 Å². The van der Waals surface area contributed by atoms with Gasteiger partial charge in [-0.05, 0) is 45.8 Å². The molecule has 1 saturated heterocycles. The molecule has 0 bridgehead atoms. The van der Waals surface area contributed by atoms with E-state index in [0.29, 0.717) is 12.5 Å². The van der Waals surface area contributed by atoms with Crippen molar-refractivity contribution in [3.63, 3.8) is 0 Å². The van der Waals surface area contributed by atoms with Crippen LogP contribution in [0, 0.1) is 13.8 Å². The summed E-state index contributed by atoms with van der Waals surface area (Å²) in [6.07, 6.45) is 1.88. The van der Waals surface area contributed by atoms with Gasteiger partial charge in [-0.1, -0.05) is 0 Å². The average Bonchev–Trinajstić information content (AvgIpc) is 2.82. The molecule has 1 aliphatic heterocycles. The van der Waals surface area contributed by atoms with Gasteiger partial charge in [-0.3, -0.25) is 9.48 Å². The highest BCUT2D eigenvalue weighted by atomic mass is 16.4. The Balaban J connectivity index is 2.18. The molecule has 1 fully saturated rings. The first-order chi connectivity index (χ1) is 8.49. The zero-order chi connectivity index (χ0) is 13.3. The minimum absolute atomic E-state index is 0.179. The molecule has 0 spiro atoms. The van der Waals surface area contributed by atoms with Crippen LogP contribution < -0.4 is 0 Å². The molecule has 1 aliphatic rings. The molecule has 100 valence electrons. The van der Waals surface area contributed by atoms with E-state index in [1.165, 1.54) is 0 Å². The SMILES string of the molecule is Cc1nn(C2CCN(C)C2)c(C)c1CCC(=O)O. The zero-order valence-corrected chi connectivity index (χ0v) is 11.3. The number of nitrogens with zero attached hydrogens (tertiary/aromatic N) is 3. The Labute approximate surface area is 107 Å². The maximum atomic E-state index is 10.7. The summed E-state index contributed by atoms with van der Waals surface area (Å²) in [4.78, 5) is 13.0. The van der Waals surface area contributed by atoms with Gasteiger partial charge in [-0.2, -0.15) is 5.10 Å². The second-order valence-corrected chi connectivity index (χ2v) is 5.19. The molecule has 1 aromatic rings. The van der Waals surface area contributed by atoms with Gasteiger partial charge in [0.05, 0.1) is 11.7 Å². The minimum Gasteiger partial charge on any atom is -0.481 e. The van der Waals surface area contributed by atoms with Gasteiger partial charge in [-0.15, -0.1) is 0 Å². The Kier molecular flexibility index (Phi) is 3.71. The van der Waals surface area contributed by atoms with Gasteiger partial charge >= 0.3 is 5.97 Å². The van der Waals surface area contributed by atoms with Crippen LogP contribution in [0.2, 0.25) is 0 Å². The summed E-state index contributed by atoms with van der Waals surface area (Å²) >= 11 is 0. The Morgan fingerprint density at radius 1 is 1.50 bits per heavy atom. The number of aliphatic carboxylic acids is 1. The van der Waals surface area contributed by atoms with Crippen LogP contribution in [0.4, 0.5) is 0 Å². The molecular formula is C13H21N3O2. The molecule has 0 radical (unpaired) electrons. The Hall–Kier alpha value is -1.36. The lowest BCUT2D eigenvalue weighted by Crippen LogP contribution is -2.18. The predicted octanol–water partition coefficient (Wildman–Crippen LogP) is 1.39. The molecule has 1 N–H and O–H groups in total. The summed E-state index contributed by atoms with van der Waals surface area (Å²) in [5, 5.41) is 13.4. The van der Waals surface area contributed by atoms with Crippen molar-refractivity contribution in [2.75, 3.05) is 20.1 Å². The third-order valence-electron chi connectivity index (χ3n) is 3.78. The minimum atomic E-state index is -0.748. The van der Waals surface area contributed by atoms with Gasteiger partial charge < -0.3 is 10.0 Å². The fraction of sp³-hybridized carbons (Fsp3) is 0.692. The van der Waals surface area contributed by atoms with E-state index in [-0.39, 0.29) is 6.42 Å². The molecule has 0 amide bonds. The number of carboxylic acids is 1. The summed E-state index contributed by atoms with van der Waals surface area (Å²) in [5.41, 5.74) is 3.21. The summed E-state index contributed by atoms with van der Waals surface area (Å²) in [6.45, 7) is 6.16. The fourth-order valence-corrected chi connectivity index (χ4v) is 2.76. The van der Waals surface area contributed by atoms with Crippen molar-refractivity contribution >= 4 is 5.97 Å². The molecule has 0 aliphatic carbocycles. The molecule has 1 aromatic heterocycles. The highest BCUT2D eigenvalue weighted by Crippen LogP contribution is 2.25. The van der Waals surface area contributed by atoms with Crippen molar-refractivity contribution in [3.05, 3.63) is 17.0 Å². The molecule has 2 heterocycles. The molecular weight excluding hydrogens is 230 g/mol. The number of carbonyl (C=O) groups is 1. The lowest BCUT2D eigenvalue weighted by atomic mass is 10.1. The van der Waals surface area contributed by atoms with E-state index in [0.717, 1.165) is 36.5 Å². The monoisotopic (exact) mass is 251 g/mol. The maximum Gasteiger partial charge on any atom is 0.303 e. The molecule has 1 atom stereocenters. The van der Waals surface area contributed by atoms with Gasteiger partial charge in [0.15, 0.2) is 0 Å². The van der Waals surface area contributed by atoms with E-state index in [2.05, 4.69) is 28.7 Å². The average molecular weight is 251 g/mol. The quantitative estimate of drug-likeness (QED) is 0.878. The van der Waals surface area contributed by atoms with E-state index in [4.69, 9.17) is 5.11 Å². The van der Waals surface area contributed by atoms with E-state index in [1.807, 2.05) is 6.92 Å². The Morgan fingerprint density at radius 2 is 2.22 bits per heavy atom. The number of hydrogen-bond acceptors (Lipinski definition) is 3. The summed E-state index contributed by atoms with van der Waals surface area (Å²) in [7, 11) is 2.12. The molecule has 5 heteroatoms.